The molecular formula is C27H32N2O2. The smallest absolute Gasteiger partial charge is 0.251 e. The van der Waals surface area contributed by atoms with Gasteiger partial charge in [-0.05, 0) is 67.5 Å². The van der Waals surface area contributed by atoms with Crippen molar-refractivity contribution in [2.45, 2.75) is 45.2 Å². The Morgan fingerprint density at radius 1 is 0.871 bits per heavy atom. The highest BCUT2D eigenvalue weighted by Crippen LogP contribution is 2.13. The van der Waals surface area contributed by atoms with Gasteiger partial charge < -0.3 is 15.7 Å². The Balaban J connectivity index is 1.44. The lowest BCUT2D eigenvalue weighted by atomic mass is 10.0. The number of hydrogen-bond donors (Lipinski definition) is 3. The van der Waals surface area contributed by atoms with Crippen LogP contribution in [-0.2, 0) is 19.4 Å². The number of nitrogens with one attached hydrogen (secondary N) is 2. The number of unbranched alkanes of at least 4 members (excludes halogenated alkanes) is 1. The number of benzene rings is 3. The summed E-state index contributed by atoms with van der Waals surface area (Å²) in [5.74, 6) is 0.271. The first-order valence-corrected chi connectivity index (χ1v) is 11.0. The summed E-state index contributed by atoms with van der Waals surface area (Å²) < 4.78 is 0. The number of phenolic OH excluding ortho intramolecular Hbond substituents is 1. The molecule has 1 amide bonds. The number of rotatable bonds is 11. The molecule has 0 fully saturated rings. The van der Waals surface area contributed by atoms with E-state index in [2.05, 4.69) is 41.8 Å². The fourth-order valence-electron chi connectivity index (χ4n) is 3.63. The zero-order valence-corrected chi connectivity index (χ0v) is 18.2. The quantitative estimate of drug-likeness (QED) is 0.391. The van der Waals surface area contributed by atoms with Crippen LogP contribution in [0.3, 0.4) is 0 Å². The molecule has 3 rings (SSSR count). The van der Waals surface area contributed by atoms with Gasteiger partial charge in [0.15, 0.2) is 0 Å². The monoisotopic (exact) mass is 416 g/mol. The summed E-state index contributed by atoms with van der Waals surface area (Å²) >= 11 is 0. The maximum Gasteiger partial charge on any atom is 0.251 e. The number of aromatic hydroxyl groups is 1. The van der Waals surface area contributed by atoms with Crippen molar-refractivity contribution in [2.75, 3.05) is 6.54 Å². The van der Waals surface area contributed by atoms with Gasteiger partial charge in [-0.2, -0.15) is 0 Å². The van der Waals surface area contributed by atoms with Gasteiger partial charge >= 0.3 is 0 Å². The lowest BCUT2D eigenvalue weighted by molar-refractivity contribution is 0.0952. The van der Waals surface area contributed by atoms with Gasteiger partial charge in [-0.3, -0.25) is 4.79 Å². The molecule has 3 N–H and O–H groups in total. The predicted octanol–water partition coefficient (Wildman–Crippen LogP) is 4.87. The third kappa shape index (κ3) is 7.58. The van der Waals surface area contributed by atoms with Crippen LogP contribution in [0.2, 0.25) is 0 Å². The third-order valence-corrected chi connectivity index (χ3v) is 5.40. The molecule has 162 valence electrons. The van der Waals surface area contributed by atoms with Crippen LogP contribution in [0, 0.1) is 0 Å². The summed E-state index contributed by atoms with van der Waals surface area (Å²) in [5, 5.41) is 16.0. The topological polar surface area (TPSA) is 61.4 Å². The maximum absolute atomic E-state index is 12.7. The first-order valence-electron chi connectivity index (χ1n) is 11.0. The Kier molecular flexibility index (Phi) is 8.68. The maximum atomic E-state index is 12.7. The summed E-state index contributed by atoms with van der Waals surface area (Å²) in [4.78, 5) is 12.7. The van der Waals surface area contributed by atoms with Crippen molar-refractivity contribution < 1.29 is 9.90 Å². The Hall–Kier alpha value is -3.11. The van der Waals surface area contributed by atoms with Crippen molar-refractivity contribution in [3.05, 3.63) is 101 Å². The normalized spacial score (nSPS) is 11.8. The van der Waals surface area contributed by atoms with Crippen LogP contribution < -0.4 is 10.6 Å². The summed E-state index contributed by atoms with van der Waals surface area (Å²) in [6.07, 6.45) is 3.92. The van der Waals surface area contributed by atoms with Crippen molar-refractivity contribution in [2.24, 2.45) is 0 Å². The SMILES string of the molecule is CC(Cc1ccc(O)cc1)NCc1ccccc1C(=O)NCCCCc1ccccc1. The van der Waals surface area contributed by atoms with Crippen molar-refractivity contribution in [3.8, 4) is 5.75 Å². The summed E-state index contributed by atoms with van der Waals surface area (Å²) in [7, 11) is 0. The molecule has 0 saturated carbocycles. The Morgan fingerprint density at radius 3 is 2.35 bits per heavy atom. The molecule has 4 nitrogen and oxygen atoms in total. The van der Waals surface area contributed by atoms with E-state index in [9.17, 15) is 9.90 Å². The summed E-state index contributed by atoms with van der Waals surface area (Å²) in [5.41, 5.74) is 4.24. The third-order valence-electron chi connectivity index (χ3n) is 5.40. The van der Waals surface area contributed by atoms with Crippen molar-refractivity contribution in [1.29, 1.82) is 0 Å². The number of carbonyl (C=O) groups is 1. The van der Waals surface area contributed by atoms with Crippen molar-refractivity contribution in [3.63, 3.8) is 0 Å². The van der Waals surface area contributed by atoms with E-state index in [0.717, 1.165) is 36.8 Å². The highest BCUT2D eigenvalue weighted by atomic mass is 16.3. The molecule has 0 aromatic heterocycles. The van der Waals surface area contributed by atoms with Crippen molar-refractivity contribution in [1.82, 2.24) is 10.6 Å². The van der Waals surface area contributed by atoms with Crippen LogP contribution in [0.5, 0.6) is 5.75 Å². The predicted molar refractivity (Wildman–Crippen MR) is 126 cm³/mol. The zero-order valence-electron chi connectivity index (χ0n) is 18.2. The largest absolute Gasteiger partial charge is 0.508 e. The molecule has 0 bridgehead atoms. The number of carbonyl (C=O) groups excluding carboxylic acids is 1. The average molecular weight is 417 g/mol. The molecule has 1 atom stereocenters. The van der Waals surface area contributed by atoms with E-state index < -0.39 is 0 Å². The van der Waals surface area contributed by atoms with E-state index in [1.54, 1.807) is 12.1 Å². The first kappa shape index (κ1) is 22.6. The highest BCUT2D eigenvalue weighted by Gasteiger charge is 2.11. The average Bonchev–Trinajstić information content (AvgIpc) is 2.80. The van der Waals surface area contributed by atoms with Gasteiger partial charge in [-0.15, -0.1) is 0 Å². The van der Waals surface area contributed by atoms with Crippen LogP contribution in [0.15, 0.2) is 78.9 Å². The van der Waals surface area contributed by atoms with Crippen LogP contribution in [0.4, 0.5) is 0 Å². The Morgan fingerprint density at radius 2 is 1.58 bits per heavy atom. The van der Waals surface area contributed by atoms with E-state index in [4.69, 9.17) is 0 Å². The number of aryl methyl sites for hydroxylation is 1. The lowest BCUT2D eigenvalue weighted by Crippen LogP contribution is -2.30. The van der Waals surface area contributed by atoms with Gasteiger partial charge in [-0.25, -0.2) is 0 Å². The minimum atomic E-state index is -0.0108. The zero-order chi connectivity index (χ0) is 21.9. The molecule has 0 spiro atoms. The molecule has 0 heterocycles. The van der Waals surface area contributed by atoms with E-state index in [1.807, 2.05) is 42.5 Å². The molecule has 31 heavy (non-hydrogen) atoms. The van der Waals surface area contributed by atoms with Gasteiger partial charge in [-0.1, -0.05) is 60.7 Å². The van der Waals surface area contributed by atoms with E-state index >= 15 is 0 Å². The molecule has 0 aliphatic rings. The standard InChI is InChI=1S/C27H32N2O2/c1-21(19-23-14-16-25(30)17-15-23)29-20-24-12-5-6-13-26(24)27(31)28-18-8-7-11-22-9-3-2-4-10-22/h2-6,9-10,12-17,21,29-30H,7-8,11,18-20H2,1H3,(H,28,31). The van der Waals surface area contributed by atoms with Crippen LogP contribution in [0.25, 0.3) is 0 Å². The molecular weight excluding hydrogens is 384 g/mol. The number of hydrogen-bond acceptors (Lipinski definition) is 3. The van der Waals surface area contributed by atoms with Gasteiger partial charge in [0.05, 0.1) is 0 Å². The minimum Gasteiger partial charge on any atom is -0.508 e. The summed E-state index contributed by atoms with van der Waals surface area (Å²) in [6.45, 7) is 3.45. The molecule has 0 saturated heterocycles. The Labute approximate surface area is 185 Å². The van der Waals surface area contributed by atoms with Crippen LogP contribution in [-0.4, -0.2) is 23.6 Å². The second-order valence-corrected chi connectivity index (χ2v) is 8.01. The van der Waals surface area contributed by atoms with Gasteiger partial charge in [0.2, 0.25) is 0 Å². The van der Waals surface area contributed by atoms with Gasteiger partial charge in [0.25, 0.3) is 5.91 Å². The van der Waals surface area contributed by atoms with Crippen molar-refractivity contribution >= 4 is 5.91 Å². The fraction of sp³-hybridized carbons (Fsp3) is 0.296. The number of phenols is 1. The second kappa shape index (κ2) is 11.9. The van der Waals surface area contributed by atoms with Gasteiger partial charge in [0, 0.05) is 24.7 Å². The van der Waals surface area contributed by atoms with E-state index in [0.29, 0.717) is 13.1 Å². The molecule has 0 radical (unpaired) electrons. The fourth-order valence-corrected chi connectivity index (χ4v) is 3.63. The van der Waals surface area contributed by atoms with Crippen LogP contribution >= 0.6 is 0 Å². The molecule has 1 unspecified atom stereocenters. The highest BCUT2D eigenvalue weighted by molar-refractivity contribution is 5.95. The first-order chi connectivity index (χ1) is 15.1. The summed E-state index contributed by atoms with van der Waals surface area (Å²) in [6, 6.07) is 25.8. The second-order valence-electron chi connectivity index (χ2n) is 8.01. The molecule has 3 aromatic carbocycles. The van der Waals surface area contributed by atoms with Gasteiger partial charge in [0.1, 0.15) is 5.75 Å². The number of amides is 1. The van der Waals surface area contributed by atoms with E-state index in [-0.39, 0.29) is 17.7 Å². The lowest BCUT2D eigenvalue weighted by Gasteiger charge is -2.16. The molecule has 0 aliphatic heterocycles. The molecule has 0 aliphatic carbocycles. The Bertz CT molecular complexity index is 939. The minimum absolute atomic E-state index is 0.0108. The van der Waals surface area contributed by atoms with E-state index in [1.165, 1.54) is 11.1 Å². The molecule has 4 heteroatoms. The van der Waals surface area contributed by atoms with Crippen LogP contribution in [0.1, 0.15) is 46.8 Å². The molecule has 3 aromatic rings.